The van der Waals surface area contributed by atoms with Gasteiger partial charge in [0.25, 0.3) is 0 Å². The number of nitrogens with zero attached hydrogens (tertiary/aromatic N) is 1. The molecule has 0 aromatic carbocycles. The van der Waals surface area contributed by atoms with Crippen molar-refractivity contribution in [3.8, 4) is 0 Å². The van der Waals surface area contributed by atoms with Crippen molar-refractivity contribution in [2.24, 2.45) is 5.92 Å². The molecular weight excluding hydrogens is 236 g/mol. The molecule has 2 saturated heterocycles. The minimum absolute atomic E-state index is 0.148. The Balaban J connectivity index is 1.83. The van der Waals surface area contributed by atoms with Crippen molar-refractivity contribution in [3.63, 3.8) is 0 Å². The van der Waals surface area contributed by atoms with Crippen molar-refractivity contribution in [3.05, 3.63) is 0 Å². The average Bonchev–Trinajstić information content (AvgIpc) is 2.69. The van der Waals surface area contributed by atoms with Gasteiger partial charge in [0.2, 0.25) is 5.91 Å². The first-order chi connectivity index (χ1) is 8.16. The zero-order valence-corrected chi connectivity index (χ0v) is 11.1. The Morgan fingerprint density at radius 1 is 1.59 bits per heavy atom. The van der Waals surface area contributed by atoms with Crippen molar-refractivity contribution in [1.29, 1.82) is 0 Å². The maximum absolute atomic E-state index is 11.9. The maximum Gasteiger partial charge on any atom is 0.223 e. The second kappa shape index (κ2) is 5.87. The summed E-state index contributed by atoms with van der Waals surface area (Å²) in [6.45, 7) is 4.43. The molecule has 4 nitrogen and oxygen atoms in total. The number of hydrogen-bond donors (Lipinski definition) is 1. The van der Waals surface area contributed by atoms with Gasteiger partial charge in [-0.05, 0) is 25.3 Å². The van der Waals surface area contributed by atoms with Crippen LogP contribution in [0, 0.1) is 5.92 Å². The van der Waals surface area contributed by atoms with Crippen LogP contribution in [0.5, 0.6) is 0 Å². The molecule has 1 N–H and O–H groups in total. The molecule has 0 aliphatic carbocycles. The maximum atomic E-state index is 11.9. The lowest BCUT2D eigenvalue weighted by molar-refractivity contribution is -0.130. The number of thioether (sulfide) groups is 1. The topological polar surface area (TPSA) is 49.4 Å². The Kier molecular flexibility index (Phi) is 4.45. The Labute approximate surface area is 106 Å². The SMILES string of the molecule is CC(=O)SCC1CC(=O)N(C2CCCNC2)C1. The van der Waals surface area contributed by atoms with Crippen LogP contribution < -0.4 is 5.32 Å². The predicted molar refractivity (Wildman–Crippen MR) is 68.9 cm³/mol. The highest BCUT2D eigenvalue weighted by molar-refractivity contribution is 8.13. The van der Waals surface area contributed by atoms with Gasteiger partial charge in [0, 0.05) is 38.2 Å². The van der Waals surface area contributed by atoms with Gasteiger partial charge in [-0.1, -0.05) is 11.8 Å². The monoisotopic (exact) mass is 256 g/mol. The molecule has 0 radical (unpaired) electrons. The molecule has 2 fully saturated rings. The van der Waals surface area contributed by atoms with E-state index in [1.807, 2.05) is 4.90 Å². The van der Waals surface area contributed by atoms with Gasteiger partial charge in [-0.2, -0.15) is 0 Å². The van der Waals surface area contributed by atoms with E-state index in [4.69, 9.17) is 0 Å². The fraction of sp³-hybridized carbons (Fsp3) is 0.833. The summed E-state index contributed by atoms with van der Waals surface area (Å²) >= 11 is 1.35. The minimum Gasteiger partial charge on any atom is -0.338 e. The van der Waals surface area contributed by atoms with Crippen molar-refractivity contribution in [1.82, 2.24) is 10.2 Å². The highest BCUT2D eigenvalue weighted by Crippen LogP contribution is 2.25. The number of carbonyl (C=O) groups is 2. The average molecular weight is 256 g/mol. The van der Waals surface area contributed by atoms with E-state index in [0.717, 1.165) is 38.2 Å². The van der Waals surface area contributed by atoms with E-state index in [0.29, 0.717) is 18.4 Å². The summed E-state index contributed by atoms with van der Waals surface area (Å²) in [5.41, 5.74) is 0. The van der Waals surface area contributed by atoms with Gasteiger partial charge >= 0.3 is 0 Å². The van der Waals surface area contributed by atoms with Crippen LogP contribution in [0.1, 0.15) is 26.2 Å². The lowest BCUT2D eigenvalue weighted by Crippen LogP contribution is -2.46. The molecular formula is C12H20N2O2S. The van der Waals surface area contributed by atoms with Gasteiger partial charge in [0.15, 0.2) is 5.12 Å². The lowest BCUT2D eigenvalue weighted by Gasteiger charge is -2.31. The number of carbonyl (C=O) groups excluding carboxylic acids is 2. The summed E-state index contributed by atoms with van der Waals surface area (Å²) in [4.78, 5) is 24.9. The molecule has 2 aliphatic rings. The van der Waals surface area contributed by atoms with E-state index in [9.17, 15) is 9.59 Å². The quantitative estimate of drug-likeness (QED) is 0.814. The third-order valence-corrected chi connectivity index (χ3v) is 4.52. The highest BCUT2D eigenvalue weighted by Gasteiger charge is 2.34. The van der Waals surface area contributed by atoms with Crippen LogP contribution in [-0.4, -0.2) is 47.4 Å². The van der Waals surface area contributed by atoms with Gasteiger partial charge in [-0.3, -0.25) is 9.59 Å². The van der Waals surface area contributed by atoms with E-state index in [1.165, 1.54) is 11.8 Å². The van der Waals surface area contributed by atoms with Gasteiger partial charge in [-0.25, -0.2) is 0 Å². The number of nitrogens with one attached hydrogen (secondary N) is 1. The van der Waals surface area contributed by atoms with Crippen LogP contribution in [0.2, 0.25) is 0 Å². The first kappa shape index (κ1) is 12.9. The van der Waals surface area contributed by atoms with Crippen molar-refractivity contribution in [2.75, 3.05) is 25.4 Å². The summed E-state index contributed by atoms with van der Waals surface area (Å²) in [7, 11) is 0. The molecule has 2 heterocycles. The van der Waals surface area contributed by atoms with Gasteiger partial charge < -0.3 is 10.2 Å². The summed E-state index contributed by atoms with van der Waals surface area (Å²) in [6.07, 6.45) is 2.89. The Morgan fingerprint density at radius 3 is 3.06 bits per heavy atom. The number of amides is 1. The van der Waals surface area contributed by atoms with Crippen LogP contribution >= 0.6 is 11.8 Å². The normalized spacial score (nSPS) is 29.7. The molecule has 2 aliphatic heterocycles. The lowest BCUT2D eigenvalue weighted by atomic mass is 10.1. The summed E-state index contributed by atoms with van der Waals surface area (Å²) in [5, 5.41) is 3.49. The van der Waals surface area contributed by atoms with Crippen LogP contribution in [0.25, 0.3) is 0 Å². The minimum atomic E-state index is 0.148. The second-order valence-electron chi connectivity index (χ2n) is 4.92. The third-order valence-electron chi connectivity index (χ3n) is 3.47. The van der Waals surface area contributed by atoms with Crippen molar-refractivity contribution >= 4 is 22.8 Å². The largest absolute Gasteiger partial charge is 0.338 e. The first-order valence-corrected chi connectivity index (χ1v) is 7.29. The van der Waals surface area contributed by atoms with Crippen LogP contribution in [0.4, 0.5) is 0 Å². The van der Waals surface area contributed by atoms with Crippen LogP contribution in [-0.2, 0) is 9.59 Å². The van der Waals surface area contributed by atoms with Gasteiger partial charge in [0.1, 0.15) is 0 Å². The van der Waals surface area contributed by atoms with E-state index in [1.54, 1.807) is 6.92 Å². The fourth-order valence-corrected chi connectivity index (χ4v) is 3.30. The van der Waals surface area contributed by atoms with Gasteiger partial charge in [0.05, 0.1) is 0 Å². The van der Waals surface area contributed by atoms with E-state index >= 15 is 0 Å². The van der Waals surface area contributed by atoms with Crippen molar-refractivity contribution in [2.45, 2.75) is 32.2 Å². The molecule has 0 saturated carbocycles. The Bertz CT molecular complexity index is 303. The molecule has 0 bridgehead atoms. The summed E-state index contributed by atoms with van der Waals surface area (Å²) < 4.78 is 0. The standard InChI is InChI=1S/C12H20N2O2S/c1-9(15)17-8-10-5-12(16)14(7-10)11-3-2-4-13-6-11/h10-11,13H,2-8H2,1H3. The molecule has 2 unspecified atom stereocenters. The number of piperidine rings is 1. The van der Waals surface area contributed by atoms with E-state index in [2.05, 4.69) is 5.32 Å². The third kappa shape index (κ3) is 3.45. The molecule has 0 aromatic heterocycles. The second-order valence-corrected chi connectivity index (χ2v) is 6.12. The van der Waals surface area contributed by atoms with E-state index < -0.39 is 0 Å². The predicted octanol–water partition coefficient (Wildman–Crippen LogP) is 0.867. The molecule has 0 spiro atoms. The molecule has 1 amide bonds. The molecule has 17 heavy (non-hydrogen) atoms. The Morgan fingerprint density at radius 2 is 2.41 bits per heavy atom. The smallest absolute Gasteiger partial charge is 0.223 e. The first-order valence-electron chi connectivity index (χ1n) is 6.30. The number of hydrogen-bond acceptors (Lipinski definition) is 4. The van der Waals surface area contributed by atoms with E-state index in [-0.39, 0.29) is 11.0 Å². The molecule has 5 heteroatoms. The molecule has 0 aromatic rings. The highest BCUT2D eigenvalue weighted by atomic mass is 32.2. The molecule has 2 rings (SSSR count). The molecule has 96 valence electrons. The summed E-state index contributed by atoms with van der Waals surface area (Å²) in [5.74, 6) is 1.42. The Hall–Kier alpha value is -0.550. The number of rotatable bonds is 3. The summed E-state index contributed by atoms with van der Waals surface area (Å²) in [6, 6.07) is 0.378. The van der Waals surface area contributed by atoms with Gasteiger partial charge in [-0.15, -0.1) is 0 Å². The fourth-order valence-electron chi connectivity index (χ4n) is 2.61. The number of likely N-dealkylation sites (tertiary alicyclic amines) is 1. The zero-order valence-electron chi connectivity index (χ0n) is 10.3. The molecule has 2 atom stereocenters. The zero-order chi connectivity index (χ0) is 12.3. The van der Waals surface area contributed by atoms with Crippen LogP contribution in [0.15, 0.2) is 0 Å². The van der Waals surface area contributed by atoms with Crippen LogP contribution in [0.3, 0.4) is 0 Å². The van der Waals surface area contributed by atoms with Crippen molar-refractivity contribution < 1.29 is 9.59 Å².